The molecule has 0 atom stereocenters. The van der Waals surface area contributed by atoms with Crippen LogP contribution < -0.4 is 5.32 Å². The topological polar surface area (TPSA) is 54.3 Å². The molecule has 1 N–H and O–H groups in total. The Labute approximate surface area is 174 Å². The van der Waals surface area contributed by atoms with Crippen molar-refractivity contribution in [1.29, 1.82) is 0 Å². The first-order chi connectivity index (χ1) is 14.0. The van der Waals surface area contributed by atoms with E-state index >= 15 is 0 Å². The average molecular weight is 406 g/mol. The number of hydrogen-bond acceptors (Lipinski definition) is 2. The standard InChI is InChI=1S/C23H20ClN3O2/c1-15-12-18(16(2)27(15)21-11-7-6-10-19(21)24)13-20-22(28)26(23(29)25-20)14-17-8-4-3-5-9-17/h3-13H,14H2,1-2H3,(H,25,29)/b20-13+. The molecular formula is C23H20ClN3O2. The number of nitrogens with zero attached hydrogens (tertiary/aromatic N) is 2. The summed E-state index contributed by atoms with van der Waals surface area (Å²) in [6, 6.07) is 18.6. The molecule has 4 rings (SSSR count). The molecule has 0 radical (unpaired) electrons. The van der Waals surface area contributed by atoms with Gasteiger partial charge in [0.1, 0.15) is 5.70 Å². The molecule has 6 heteroatoms. The van der Waals surface area contributed by atoms with Crippen molar-refractivity contribution in [3.63, 3.8) is 0 Å². The Morgan fingerprint density at radius 2 is 1.69 bits per heavy atom. The van der Waals surface area contributed by atoms with Crippen molar-refractivity contribution in [3.8, 4) is 5.69 Å². The molecule has 1 aliphatic heterocycles. The van der Waals surface area contributed by atoms with E-state index in [2.05, 4.69) is 5.32 Å². The summed E-state index contributed by atoms with van der Waals surface area (Å²) in [6.07, 6.45) is 1.72. The molecule has 146 valence electrons. The van der Waals surface area contributed by atoms with Gasteiger partial charge in [-0.25, -0.2) is 4.79 Å². The van der Waals surface area contributed by atoms with E-state index in [1.54, 1.807) is 6.08 Å². The normalized spacial score (nSPS) is 15.3. The fraction of sp³-hybridized carbons (Fsp3) is 0.130. The van der Waals surface area contributed by atoms with Crippen LogP contribution in [-0.2, 0) is 11.3 Å². The third-order valence-electron chi connectivity index (χ3n) is 5.01. The fourth-order valence-electron chi connectivity index (χ4n) is 3.57. The van der Waals surface area contributed by atoms with E-state index in [-0.39, 0.29) is 18.1 Å². The zero-order valence-electron chi connectivity index (χ0n) is 16.1. The van der Waals surface area contributed by atoms with Crippen molar-refractivity contribution in [2.24, 2.45) is 0 Å². The summed E-state index contributed by atoms with van der Waals surface area (Å²) in [7, 11) is 0. The number of hydrogen-bond donors (Lipinski definition) is 1. The average Bonchev–Trinajstić information content (AvgIpc) is 3.13. The fourth-order valence-corrected chi connectivity index (χ4v) is 3.79. The Morgan fingerprint density at radius 3 is 2.41 bits per heavy atom. The predicted octanol–water partition coefficient (Wildman–Crippen LogP) is 4.84. The molecule has 1 aliphatic rings. The number of halogens is 1. The molecule has 3 amide bonds. The molecule has 0 saturated carbocycles. The van der Waals surface area contributed by atoms with E-state index in [0.717, 1.165) is 28.2 Å². The lowest BCUT2D eigenvalue weighted by molar-refractivity contribution is -0.123. The number of imide groups is 1. The maximum atomic E-state index is 12.8. The Morgan fingerprint density at radius 1 is 1.00 bits per heavy atom. The van der Waals surface area contributed by atoms with Crippen LogP contribution in [0, 0.1) is 13.8 Å². The summed E-state index contributed by atoms with van der Waals surface area (Å²) in [5.41, 5.74) is 4.82. The highest BCUT2D eigenvalue weighted by Gasteiger charge is 2.33. The first-order valence-corrected chi connectivity index (χ1v) is 9.66. The summed E-state index contributed by atoms with van der Waals surface area (Å²) in [5.74, 6) is -0.332. The number of nitrogens with one attached hydrogen (secondary N) is 1. The zero-order chi connectivity index (χ0) is 20.5. The molecule has 1 aromatic heterocycles. The quantitative estimate of drug-likeness (QED) is 0.498. The van der Waals surface area contributed by atoms with Gasteiger partial charge in [0.05, 0.1) is 17.3 Å². The van der Waals surface area contributed by atoms with Crippen LogP contribution in [0.1, 0.15) is 22.5 Å². The zero-order valence-corrected chi connectivity index (χ0v) is 16.9. The van der Waals surface area contributed by atoms with Gasteiger partial charge in [-0.2, -0.15) is 0 Å². The largest absolute Gasteiger partial charge is 0.329 e. The lowest BCUT2D eigenvalue weighted by Crippen LogP contribution is -2.30. The Hall–Kier alpha value is -3.31. The smallest absolute Gasteiger partial charge is 0.316 e. The molecule has 5 nitrogen and oxygen atoms in total. The van der Waals surface area contributed by atoms with Crippen molar-refractivity contribution in [3.05, 3.63) is 93.9 Å². The number of carbonyl (C=O) groups excluding carboxylic acids is 2. The monoisotopic (exact) mass is 405 g/mol. The van der Waals surface area contributed by atoms with Crippen LogP contribution in [0.2, 0.25) is 5.02 Å². The molecular weight excluding hydrogens is 386 g/mol. The molecule has 2 heterocycles. The van der Waals surface area contributed by atoms with E-state index in [4.69, 9.17) is 11.6 Å². The lowest BCUT2D eigenvalue weighted by atomic mass is 10.2. The first kappa shape index (κ1) is 19.0. The number of para-hydroxylation sites is 1. The van der Waals surface area contributed by atoms with E-state index < -0.39 is 6.03 Å². The molecule has 0 spiro atoms. The Bertz CT molecular complexity index is 1130. The predicted molar refractivity (Wildman–Crippen MR) is 114 cm³/mol. The first-order valence-electron chi connectivity index (χ1n) is 9.28. The van der Waals surface area contributed by atoms with Crippen molar-refractivity contribution in [1.82, 2.24) is 14.8 Å². The van der Waals surface area contributed by atoms with Gasteiger partial charge in [-0.1, -0.05) is 54.1 Å². The third kappa shape index (κ3) is 3.57. The number of aryl methyl sites for hydroxylation is 1. The lowest BCUT2D eigenvalue weighted by Gasteiger charge is -2.11. The van der Waals surface area contributed by atoms with Gasteiger partial charge < -0.3 is 9.88 Å². The highest BCUT2D eigenvalue weighted by atomic mass is 35.5. The van der Waals surface area contributed by atoms with E-state index in [0.29, 0.717) is 5.02 Å². The van der Waals surface area contributed by atoms with Crippen molar-refractivity contribution in [2.75, 3.05) is 0 Å². The highest BCUT2D eigenvalue weighted by Crippen LogP contribution is 2.28. The molecule has 29 heavy (non-hydrogen) atoms. The van der Waals surface area contributed by atoms with Crippen LogP contribution in [0.4, 0.5) is 4.79 Å². The van der Waals surface area contributed by atoms with Gasteiger partial charge in [-0.05, 0) is 49.2 Å². The number of amides is 3. The highest BCUT2D eigenvalue weighted by molar-refractivity contribution is 6.32. The number of urea groups is 1. The van der Waals surface area contributed by atoms with Gasteiger partial charge in [0.2, 0.25) is 0 Å². The van der Waals surface area contributed by atoms with Crippen molar-refractivity contribution < 1.29 is 9.59 Å². The van der Waals surface area contributed by atoms with E-state index in [9.17, 15) is 9.59 Å². The van der Waals surface area contributed by atoms with E-state index in [1.807, 2.05) is 79.1 Å². The second-order valence-corrected chi connectivity index (χ2v) is 7.39. The van der Waals surface area contributed by atoms with Crippen molar-refractivity contribution in [2.45, 2.75) is 20.4 Å². The second kappa shape index (κ2) is 7.60. The van der Waals surface area contributed by atoms with Gasteiger partial charge in [0, 0.05) is 11.4 Å². The summed E-state index contributed by atoms with van der Waals surface area (Å²) in [5, 5.41) is 3.34. The number of benzene rings is 2. The van der Waals surface area contributed by atoms with Crippen LogP contribution in [0.25, 0.3) is 11.8 Å². The summed E-state index contributed by atoms with van der Waals surface area (Å²) < 4.78 is 2.04. The van der Waals surface area contributed by atoms with E-state index in [1.165, 1.54) is 4.90 Å². The summed E-state index contributed by atoms with van der Waals surface area (Å²) in [4.78, 5) is 26.4. The molecule has 0 bridgehead atoms. The minimum atomic E-state index is -0.412. The van der Waals surface area contributed by atoms with Crippen LogP contribution in [0.5, 0.6) is 0 Å². The molecule has 3 aromatic rings. The SMILES string of the molecule is Cc1cc(/C=C2/NC(=O)N(Cc3ccccc3)C2=O)c(C)n1-c1ccccc1Cl. The maximum Gasteiger partial charge on any atom is 0.329 e. The van der Waals surface area contributed by atoms with Crippen LogP contribution in [-0.4, -0.2) is 21.4 Å². The number of rotatable bonds is 4. The van der Waals surface area contributed by atoms with Crippen LogP contribution >= 0.6 is 11.6 Å². The third-order valence-corrected chi connectivity index (χ3v) is 5.33. The van der Waals surface area contributed by atoms with Gasteiger partial charge in [0.15, 0.2) is 0 Å². The van der Waals surface area contributed by atoms with Gasteiger partial charge in [0.25, 0.3) is 5.91 Å². The molecule has 0 aliphatic carbocycles. The van der Waals surface area contributed by atoms with Crippen LogP contribution in [0.3, 0.4) is 0 Å². The van der Waals surface area contributed by atoms with Gasteiger partial charge in [-0.15, -0.1) is 0 Å². The summed E-state index contributed by atoms with van der Waals surface area (Å²) in [6.45, 7) is 4.18. The molecule has 2 aromatic carbocycles. The number of carbonyl (C=O) groups is 2. The molecule has 1 fully saturated rings. The second-order valence-electron chi connectivity index (χ2n) is 6.98. The van der Waals surface area contributed by atoms with Gasteiger partial charge >= 0.3 is 6.03 Å². The van der Waals surface area contributed by atoms with Crippen molar-refractivity contribution >= 4 is 29.6 Å². The maximum absolute atomic E-state index is 12.8. The summed E-state index contributed by atoms with van der Waals surface area (Å²) >= 11 is 6.37. The Balaban J connectivity index is 1.65. The van der Waals surface area contributed by atoms with Gasteiger partial charge in [-0.3, -0.25) is 9.69 Å². The minimum absolute atomic E-state index is 0.238. The molecule has 1 saturated heterocycles. The molecule has 0 unspecified atom stereocenters. The Kier molecular flexibility index (Phi) is 4.99. The van der Waals surface area contributed by atoms with Crippen LogP contribution in [0.15, 0.2) is 66.4 Å². The minimum Gasteiger partial charge on any atom is -0.316 e. The number of aromatic nitrogens is 1.